The lowest BCUT2D eigenvalue weighted by Crippen LogP contribution is -2.46. The molecule has 1 atom stereocenters. The number of esters is 1. The minimum atomic E-state index is -6.82. The van der Waals surface area contributed by atoms with Gasteiger partial charge in [0.1, 0.15) is 6.10 Å². The molecule has 16 heteroatoms. The number of rotatable bonds is 7. The number of ether oxygens (including phenoxy) is 1. The van der Waals surface area contributed by atoms with Crippen molar-refractivity contribution >= 4 is 31.6 Å². The molecular formula is C14H18F6O8S2. The fraction of sp³-hybridized carbons (Fsp3) is 0.857. The minimum absolute atomic E-state index is 0.0215. The van der Waals surface area contributed by atoms with Crippen molar-refractivity contribution < 1.29 is 62.6 Å². The third-order valence-corrected chi connectivity index (χ3v) is 9.17. The van der Waals surface area contributed by atoms with Crippen LogP contribution >= 0.6 is 0 Å². The van der Waals surface area contributed by atoms with E-state index < -0.39 is 71.6 Å². The smallest absolute Gasteiger partial charge is 0.481 e. The zero-order valence-electron chi connectivity index (χ0n) is 15.2. The Morgan fingerprint density at radius 1 is 0.900 bits per heavy atom. The van der Waals surface area contributed by atoms with Crippen molar-refractivity contribution in [3.8, 4) is 0 Å². The monoisotopic (exact) mass is 492 g/mol. The second-order valence-electron chi connectivity index (χ2n) is 6.78. The van der Waals surface area contributed by atoms with Gasteiger partial charge in [0.15, 0.2) is 4.58 Å². The van der Waals surface area contributed by atoms with E-state index in [1.807, 2.05) is 0 Å². The first kappa shape index (κ1) is 26.5. The third-order valence-electron chi connectivity index (χ3n) is 4.59. The molecule has 176 valence electrons. The quantitative estimate of drug-likeness (QED) is 0.423. The molecule has 1 N–H and O–H groups in total. The standard InChI is InChI=1S/C14H18F6O8S2/c1-7(28-12(23)9-4-2-8(3-5-9)11(21)22)6-10(29(24,25)13(15,16)17)30(26,27)14(18,19)20/h7-10H,2-6H2,1H3,(H,21,22). The summed E-state index contributed by atoms with van der Waals surface area (Å²) in [7, 11) is -13.6. The van der Waals surface area contributed by atoms with E-state index >= 15 is 0 Å². The first-order chi connectivity index (χ1) is 13.3. The van der Waals surface area contributed by atoms with Crippen LogP contribution in [0.4, 0.5) is 26.3 Å². The molecule has 0 heterocycles. The number of carbonyl (C=O) groups excluding carboxylic acids is 1. The lowest BCUT2D eigenvalue weighted by atomic mass is 9.82. The van der Waals surface area contributed by atoms with E-state index in [1.165, 1.54) is 0 Å². The lowest BCUT2D eigenvalue weighted by Gasteiger charge is -2.27. The van der Waals surface area contributed by atoms with Crippen LogP contribution in [0, 0.1) is 11.8 Å². The topological polar surface area (TPSA) is 132 Å². The number of hydrogen-bond acceptors (Lipinski definition) is 7. The van der Waals surface area contributed by atoms with E-state index in [9.17, 15) is 52.8 Å². The average Bonchev–Trinajstić information content (AvgIpc) is 2.57. The molecule has 0 saturated heterocycles. The van der Waals surface area contributed by atoms with E-state index in [2.05, 4.69) is 4.74 Å². The van der Waals surface area contributed by atoms with Gasteiger partial charge in [0.25, 0.3) is 19.7 Å². The number of carboxylic acid groups (broad SMARTS) is 1. The van der Waals surface area contributed by atoms with Crippen LogP contribution in [0.1, 0.15) is 39.0 Å². The fourth-order valence-electron chi connectivity index (χ4n) is 2.91. The van der Waals surface area contributed by atoms with Gasteiger partial charge in [0.2, 0.25) is 0 Å². The zero-order chi connectivity index (χ0) is 23.7. The van der Waals surface area contributed by atoms with Gasteiger partial charge in [-0.05, 0) is 32.6 Å². The summed E-state index contributed by atoms with van der Waals surface area (Å²) in [5.41, 5.74) is -12.6. The summed E-state index contributed by atoms with van der Waals surface area (Å²) in [6, 6.07) is 0. The van der Waals surface area contributed by atoms with Crippen molar-refractivity contribution in [2.45, 2.75) is 60.7 Å². The van der Waals surface area contributed by atoms with Crippen molar-refractivity contribution in [3.63, 3.8) is 0 Å². The third kappa shape index (κ3) is 5.76. The first-order valence-corrected chi connectivity index (χ1v) is 11.4. The summed E-state index contributed by atoms with van der Waals surface area (Å²) >= 11 is 0. The summed E-state index contributed by atoms with van der Waals surface area (Å²) in [6.45, 7) is 0.756. The van der Waals surface area contributed by atoms with Crippen molar-refractivity contribution in [1.82, 2.24) is 0 Å². The SMILES string of the molecule is CC(CC(S(=O)(=O)C(F)(F)F)S(=O)(=O)C(F)(F)F)OC(=O)C1CCC(C(=O)O)CC1. The number of halogens is 6. The molecule has 0 aromatic carbocycles. The van der Waals surface area contributed by atoms with Gasteiger partial charge in [-0.1, -0.05) is 0 Å². The Balaban J connectivity index is 3.00. The Kier molecular flexibility index (Phi) is 7.83. The predicted molar refractivity (Wildman–Crippen MR) is 87.0 cm³/mol. The second-order valence-corrected chi connectivity index (χ2v) is 11.3. The number of sulfone groups is 2. The summed E-state index contributed by atoms with van der Waals surface area (Å²) in [5, 5.41) is 8.88. The summed E-state index contributed by atoms with van der Waals surface area (Å²) < 4.78 is 123. The fourth-order valence-corrected chi connectivity index (χ4v) is 6.54. The van der Waals surface area contributed by atoms with Crippen LogP contribution in [0.15, 0.2) is 0 Å². The molecule has 1 aliphatic carbocycles. The summed E-state index contributed by atoms with van der Waals surface area (Å²) in [4.78, 5) is 22.9. The van der Waals surface area contributed by atoms with Gasteiger partial charge in [-0.15, -0.1) is 0 Å². The van der Waals surface area contributed by atoms with Crippen molar-refractivity contribution in [3.05, 3.63) is 0 Å². The van der Waals surface area contributed by atoms with Crippen LogP contribution in [-0.2, 0) is 34.0 Å². The van der Waals surface area contributed by atoms with Crippen LogP contribution in [-0.4, -0.2) is 55.6 Å². The van der Waals surface area contributed by atoms with E-state index in [4.69, 9.17) is 5.11 Å². The minimum Gasteiger partial charge on any atom is -0.481 e. The molecule has 0 spiro atoms. The van der Waals surface area contributed by atoms with Crippen molar-refractivity contribution in [2.24, 2.45) is 11.8 Å². The Morgan fingerprint density at radius 2 is 1.27 bits per heavy atom. The molecule has 1 fully saturated rings. The van der Waals surface area contributed by atoms with Gasteiger partial charge in [0, 0.05) is 6.42 Å². The Labute approximate surface area is 167 Å². The second kappa shape index (κ2) is 8.88. The molecule has 1 aliphatic rings. The molecular weight excluding hydrogens is 474 g/mol. The Bertz CT molecular complexity index is 810. The number of alkyl halides is 6. The summed E-state index contributed by atoms with van der Waals surface area (Å²) in [6.07, 6.45) is -3.51. The maximum Gasteiger partial charge on any atom is 0.498 e. The molecule has 0 aliphatic heterocycles. The van der Waals surface area contributed by atoms with Crippen LogP contribution in [0.3, 0.4) is 0 Å². The number of hydrogen-bond donors (Lipinski definition) is 1. The molecule has 8 nitrogen and oxygen atoms in total. The molecule has 1 unspecified atom stereocenters. The van der Waals surface area contributed by atoms with Gasteiger partial charge in [-0.25, -0.2) is 16.8 Å². The normalized spacial score (nSPS) is 22.5. The maximum absolute atomic E-state index is 12.7. The zero-order valence-corrected chi connectivity index (χ0v) is 16.9. The van der Waals surface area contributed by atoms with Gasteiger partial charge >= 0.3 is 23.0 Å². The van der Waals surface area contributed by atoms with E-state index in [1.54, 1.807) is 0 Å². The molecule has 0 amide bonds. The molecule has 0 aromatic rings. The Hall–Kier alpha value is -1.58. The van der Waals surface area contributed by atoms with Crippen molar-refractivity contribution in [1.29, 1.82) is 0 Å². The molecule has 1 rings (SSSR count). The number of aliphatic carboxylic acids is 1. The molecule has 1 saturated carbocycles. The number of carboxylic acids is 1. The largest absolute Gasteiger partial charge is 0.498 e. The molecule has 0 radical (unpaired) electrons. The van der Waals surface area contributed by atoms with Crippen LogP contribution in [0.5, 0.6) is 0 Å². The molecule has 30 heavy (non-hydrogen) atoms. The van der Waals surface area contributed by atoms with Crippen LogP contribution in [0.2, 0.25) is 0 Å². The maximum atomic E-state index is 12.7. The highest BCUT2D eigenvalue weighted by atomic mass is 32.3. The highest BCUT2D eigenvalue weighted by Crippen LogP contribution is 2.38. The van der Waals surface area contributed by atoms with Gasteiger partial charge in [0.05, 0.1) is 11.8 Å². The Morgan fingerprint density at radius 3 is 1.60 bits per heavy atom. The summed E-state index contributed by atoms with van der Waals surface area (Å²) in [5.74, 6) is -3.81. The molecule has 0 aromatic heterocycles. The van der Waals surface area contributed by atoms with Gasteiger partial charge in [-0.3, -0.25) is 9.59 Å². The van der Waals surface area contributed by atoms with Crippen molar-refractivity contribution in [2.75, 3.05) is 0 Å². The number of carbonyl (C=O) groups is 2. The van der Waals surface area contributed by atoms with E-state index in [0.29, 0.717) is 0 Å². The highest BCUT2D eigenvalue weighted by Gasteiger charge is 2.63. The van der Waals surface area contributed by atoms with Crippen LogP contribution in [0.25, 0.3) is 0 Å². The highest BCUT2D eigenvalue weighted by molar-refractivity contribution is 8.09. The van der Waals surface area contributed by atoms with Gasteiger partial charge in [-0.2, -0.15) is 26.3 Å². The van der Waals surface area contributed by atoms with E-state index in [-0.39, 0.29) is 25.7 Å². The predicted octanol–water partition coefficient (Wildman–Crippen LogP) is 2.39. The first-order valence-electron chi connectivity index (χ1n) is 8.36. The molecule has 0 bridgehead atoms. The van der Waals surface area contributed by atoms with E-state index in [0.717, 1.165) is 6.92 Å². The van der Waals surface area contributed by atoms with Gasteiger partial charge < -0.3 is 9.84 Å². The lowest BCUT2D eigenvalue weighted by molar-refractivity contribution is -0.156. The average molecular weight is 492 g/mol. The van der Waals surface area contributed by atoms with Crippen LogP contribution < -0.4 is 0 Å².